The molecule has 0 atom stereocenters. The van der Waals surface area contributed by atoms with E-state index in [0.717, 1.165) is 0 Å². The number of hydrogen-bond acceptors (Lipinski definition) is 4. The second kappa shape index (κ2) is 5.01. The summed E-state index contributed by atoms with van der Waals surface area (Å²) in [5.74, 6) is 0.118. The SMILES string of the molecule is COc1ccc(OC)c(-c2nn(C)cc2C(=O)O)c1. The van der Waals surface area contributed by atoms with Gasteiger partial charge in [0.15, 0.2) is 0 Å². The third-order valence-corrected chi connectivity index (χ3v) is 2.72. The highest BCUT2D eigenvalue weighted by Crippen LogP contribution is 2.34. The van der Waals surface area contributed by atoms with E-state index in [1.807, 2.05) is 0 Å². The van der Waals surface area contributed by atoms with Gasteiger partial charge in [0, 0.05) is 18.8 Å². The minimum Gasteiger partial charge on any atom is -0.497 e. The molecule has 0 aliphatic carbocycles. The van der Waals surface area contributed by atoms with E-state index >= 15 is 0 Å². The summed E-state index contributed by atoms with van der Waals surface area (Å²) in [5, 5.41) is 13.4. The quantitative estimate of drug-likeness (QED) is 0.909. The number of nitrogens with zero attached hydrogens (tertiary/aromatic N) is 2. The van der Waals surface area contributed by atoms with Gasteiger partial charge < -0.3 is 14.6 Å². The van der Waals surface area contributed by atoms with Gasteiger partial charge in [-0.2, -0.15) is 5.10 Å². The summed E-state index contributed by atoms with van der Waals surface area (Å²) in [6.45, 7) is 0. The second-order valence-electron chi connectivity index (χ2n) is 3.94. The van der Waals surface area contributed by atoms with Crippen LogP contribution >= 0.6 is 0 Å². The molecule has 1 heterocycles. The summed E-state index contributed by atoms with van der Waals surface area (Å²) in [5.41, 5.74) is 1.06. The molecule has 0 unspecified atom stereocenters. The predicted octanol–water partition coefficient (Wildman–Crippen LogP) is 1.80. The van der Waals surface area contributed by atoms with Crippen LogP contribution in [0.2, 0.25) is 0 Å². The molecule has 0 saturated carbocycles. The minimum absolute atomic E-state index is 0.119. The minimum atomic E-state index is -1.03. The van der Waals surface area contributed by atoms with Gasteiger partial charge in [-0.15, -0.1) is 0 Å². The molecule has 6 heteroatoms. The summed E-state index contributed by atoms with van der Waals surface area (Å²) in [6, 6.07) is 5.16. The van der Waals surface area contributed by atoms with Crippen LogP contribution in [-0.4, -0.2) is 35.1 Å². The first-order chi connectivity index (χ1) is 9.06. The average molecular weight is 262 g/mol. The molecule has 100 valence electrons. The highest BCUT2D eigenvalue weighted by Gasteiger charge is 2.19. The van der Waals surface area contributed by atoms with Gasteiger partial charge in [-0.3, -0.25) is 4.68 Å². The van der Waals surface area contributed by atoms with Crippen LogP contribution in [0.4, 0.5) is 0 Å². The number of ether oxygens (including phenoxy) is 2. The van der Waals surface area contributed by atoms with Crippen LogP contribution in [0.5, 0.6) is 11.5 Å². The average Bonchev–Trinajstić information content (AvgIpc) is 2.80. The van der Waals surface area contributed by atoms with E-state index < -0.39 is 5.97 Å². The number of aromatic nitrogens is 2. The number of aromatic carboxylic acids is 1. The Morgan fingerprint density at radius 3 is 2.63 bits per heavy atom. The normalized spacial score (nSPS) is 10.3. The first-order valence-corrected chi connectivity index (χ1v) is 5.56. The summed E-state index contributed by atoms with van der Waals surface area (Å²) >= 11 is 0. The molecule has 0 bridgehead atoms. The van der Waals surface area contributed by atoms with Crippen molar-refractivity contribution in [1.82, 2.24) is 9.78 Å². The number of carboxylic acid groups (broad SMARTS) is 1. The van der Waals surface area contributed by atoms with E-state index in [4.69, 9.17) is 9.47 Å². The van der Waals surface area contributed by atoms with E-state index in [2.05, 4.69) is 5.10 Å². The van der Waals surface area contributed by atoms with Crippen molar-refractivity contribution < 1.29 is 19.4 Å². The van der Waals surface area contributed by atoms with Gasteiger partial charge >= 0.3 is 5.97 Å². The lowest BCUT2D eigenvalue weighted by Crippen LogP contribution is -1.98. The van der Waals surface area contributed by atoms with E-state index in [1.54, 1.807) is 32.4 Å². The van der Waals surface area contributed by atoms with Crippen LogP contribution in [-0.2, 0) is 7.05 Å². The first-order valence-electron chi connectivity index (χ1n) is 5.56. The predicted molar refractivity (Wildman–Crippen MR) is 68.7 cm³/mol. The number of benzene rings is 1. The molecular formula is C13H14N2O4. The topological polar surface area (TPSA) is 73.6 Å². The molecule has 0 amide bonds. The molecule has 0 aliphatic heterocycles. The van der Waals surface area contributed by atoms with Crippen LogP contribution < -0.4 is 9.47 Å². The van der Waals surface area contributed by atoms with Crippen molar-refractivity contribution in [3.05, 3.63) is 30.0 Å². The lowest BCUT2D eigenvalue weighted by molar-refractivity contribution is 0.0697. The maximum atomic E-state index is 11.2. The monoisotopic (exact) mass is 262 g/mol. The standard InChI is InChI=1S/C13H14N2O4/c1-15-7-10(13(16)17)12(14-15)9-6-8(18-2)4-5-11(9)19-3/h4-7H,1-3H3,(H,16,17). The Kier molecular flexibility index (Phi) is 3.41. The van der Waals surface area contributed by atoms with Crippen molar-refractivity contribution in [2.75, 3.05) is 14.2 Å². The number of rotatable bonds is 4. The van der Waals surface area contributed by atoms with Gasteiger partial charge in [-0.05, 0) is 18.2 Å². The van der Waals surface area contributed by atoms with E-state index in [-0.39, 0.29) is 5.56 Å². The molecule has 0 radical (unpaired) electrons. The Labute approximate surface area is 110 Å². The van der Waals surface area contributed by atoms with Crippen LogP contribution in [0.25, 0.3) is 11.3 Å². The maximum Gasteiger partial charge on any atom is 0.339 e. The van der Waals surface area contributed by atoms with Gasteiger partial charge in [0.05, 0.1) is 14.2 Å². The molecule has 19 heavy (non-hydrogen) atoms. The molecule has 0 aliphatic rings. The van der Waals surface area contributed by atoms with Crippen molar-refractivity contribution in [2.24, 2.45) is 7.05 Å². The second-order valence-corrected chi connectivity index (χ2v) is 3.94. The Bertz CT molecular complexity index is 619. The summed E-state index contributed by atoms with van der Waals surface area (Å²) in [7, 11) is 4.74. The van der Waals surface area contributed by atoms with Crippen LogP contribution in [0.3, 0.4) is 0 Å². The number of methoxy groups -OCH3 is 2. The van der Waals surface area contributed by atoms with Gasteiger partial charge in [0.25, 0.3) is 0 Å². The molecule has 0 saturated heterocycles. The molecule has 1 N–H and O–H groups in total. The van der Waals surface area contributed by atoms with Crippen molar-refractivity contribution >= 4 is 5.97 Å². The lowest BCUT2D eigenvalue weighted by Gasteiger charge is -2.09. The maximum absolute atomic E-state index is 11.2. The number of aryl methyl sites for hydroxylation is 1. The van der Waals surface area contributed by atoms with Crippen molar-refractivity contribution in [3.8, 4) is 22.8 Å². The summed E-state index contributed by atoms with van der Waals surface area (Å²) in [4.78, 5) is 11.2. The lowest BCUT2D eigenvalue weighted by atomic mass is 10.1. The van der Waals surface area contributed by atoms with Crippen molar-refractivity contribution in [2.45, 2.75) is 0 Å². The molecule has 0 fully saturated rings. The fourth-order valence-corrected chi connectivity index (χ4v) is 1.84. The summed E-state index contributed by atoms with van der Waals surface area (Å²) in [6.07, 6.45) is 1.45. The Morgan fingerprint density at radius 2 is 2.05 bits per heavy atom. The van der Waals surface area contributed by atoms with Crippen LogP contribution in [0.1, 0.15) is 10.4 Å². The Morgan fingerprint density at radius 1 is 1.32 bits per heavy atom. The Hall–Kier alpha value is -2.50. The zero-order chi connectivity index (χ0) is 14.0. The van der Waals surface area contributed by atoms with Crippen LogP contribution in [0, 0.1) is 0 Å². The van der Waals surface area contributed by atoms with Crippen molar-refractivity contribution in [3.63, 3.8) is 0 Å². The Balaban J connectivity index is 2.66. The largest absolute Gasteiger partial charge is 0.497 e. The molecule has 6 nitrogen and oxygen atoms in total. The fraction of sp³-hybridized carbons (Fsp3) is 0.231. The zero-order valence-electron chi connectivity index (χ0n) is 10.9. The first kappa shape index (κ1) is 12.9. The van der Waals surface area contributed by atoms with Gasteiger partial charge in [-0.1, -0.05) is 0 Å². The number of hydrogen-bond donors (Lipinski definition) is 1. The highest BCUT2D eigenvalue weighted by molar-refractivity contribution is 5.95. The fourth-order valence-electron chi connectivity index (χ4n) is 1.84. The number of carboxylic acids is 1. The molecule has 2 rings (SSSR count). The van der Waals surface area contributed by atoms with Gasteiger partial charge in [0.2, 0.25) is 0 Å². The van der Waals surface area contributed by atoms with Crippen LogP contribution in [0.15, 0.2) is 24.4 Å². The van der Waals surface area contributed by atoms with Crippen molar-refractivity contribution in [1.29, 1.82) is 0 Å². The molecule has 1 aromatic heterocycles. The van der Waals surface area contributed by atoms with Gasteiger partial charge in [-0.25, -0.2) is 4.79 Å². The zero-order valence-corrected chi connectivity index (χ0v) is 10.9. The van der Waals surface area contributed by atoms with E-state index in [0.29, 0.717) is 22.8 Å². The molecule has 1 aromatic carbocycles. The summed E-state index contributed by atoms with van der Waals surface area (Å²) < 4.78 is 11.8. The molecule has 0 spiro atoms. The third-order valence-electron chi connectivity index (χ3n) is 2.72. The van der Waals surface area contributed by atoms with E-state index in [1.165, 1.54) is 18.0 Å². The van der Waals surface area contributed by atoms with Gasteiger partial charge in [0.1, 0.15) is 22.8 Å². The molecule has 2 aromatic rings. The highest BCUT2D eigenvalue weighted by atomic mass is 16.5. The number of carbonyl (C=O) groups is 1. The molecular weight excluding hydrogens is 248 g/mol. The smallest absolute Gasteiger partial charge is 0.339 e. The van der Waals surface area contributed by atoms with E-state index in [9.17, 15) is 9.90 Å². The third kappa shape index (κ3) is 2.37.